The Morgan fingerprint density at radius 2 is 1.74 bits per heavy atom. The first kappa shape index (κ1) is 15.0. The number of carbonyl (C=O) groups excluding carboxylic acids is 1. The average Bonchev–Trinajstić information content (AvgIpc) is 2.49. The summed E-state index contributed by atoms with van der Waals surface area (Å²) in [7, 11) is 1.32. The van der Waals surface area contributed by atoms with E-state index >= 15 is 0 Å². The van der Waals surface area contributed by atoms with Gasteiger partial charge >= 0.3 is 0 Å². The maximum absolute atomic E-state index is 12.6. The second-order valence-corrected chi connectivity index (χ2v) is 5.15. The second-order valence-electron chi connectivity index (χ2n) is 5.15. The zero-order chi connectivity index (χ0) is 16.7. The number of fused-ring (bicyclic) bond motifs is 1. The van der Waals surface area contributed by atoms with Gasteiger partial charge in [0.15, 0.2) is 23.7 Å². The highest BCUT2D eigenvalue weighted by atomic mass is 16.5. The van der Waals surface area contributed by atoms with Crippen LogP contribution in [-0.2, 0) is 4.74 Å². The zero-order valence-corrected chi connectivity index (χ0v) is 12.1. The first-order valence-electron chi connectivity index (χ1n) is 6.74. The maximum Gasteiger partial charge on any atom is 0.203 e. The highest BCUT2D eigenvalue weighted by Crippen LogP contribution is 2.43. The summed E-state index contributed by atoms with van der Waals surface area (Å²) in [6, 6.07) is 6.26. The van der Waals surface area contributed by atoms with E-state index in [9.17, 15) is 25.2 Å². The van der Waals surface area contributed by atoms with Crippen LogP contribution in [0.5, 0.6) is 28.7 Å². The topological polar surface area (TPSA) is 116 Å². The fourth-order valence-corrected chi connectivity index (χ4v) is 2.60. The van der Waals surface area contributed by atoms with Crippen LogP contribution in [0.1, 0.15) is 22.0 Å². The first-order valence-corrected chi connectivity index (χ1v) is 6.74. The zero-order valence-electron chi connectivity index (χ0n) is 12.1. The summed E-state index contributed by atoms with van der Waals surface area (Å²) in [6.45, 7) is 0. The van der Waals surface area contributed by atoms with Crippen LogP contribution in [-0.4, -0.2) is 39.4 Å². The predicted octanol–water partition coefficient (Wildman–Crippen LogP) is 1.84. The molecule has 1 heterocycles. The normalized spacial score (nSPS) is 20.0. The van der Waals surface area contributed by atoms with Crippen LogP contribution in [0.15, 0.2) is 30.3 Å². The van der Waals surface area contributed by atoms with Crippen molar-refractivity contribution in [2.24, 2.45) is 0 Å². The Labute approximate surface area is 131 Å². The molecule has 0 aliphatic carbocycles. The van der Waals surface area contributed by atoms with Gasteiger partial charge in [-0.25, -0.2) is 0 Å². The van der Waals surface area contributed by atoms with Crippen LogP contribution in [0.4, 0.5) is 0 Å². The number of methoxy groups -OCH3 is 1. The SMILES string of the molecule is CO[C@H]1C(=O)c2c(O)cc(O)cc2O[C@@H]1c1ccc(O)c(O)c1. The van der Waals surface area contributed by atoms with Gasteiger partial charge in [0, 0.05) is 19.2 Å². The maximum atomic E-state index is 12.6. The molecule has 23 heavy (non-hydrogen) atoms. The summed E-state index contributed by atoms with van der Waals surface area (Å²) < 4.78 is 10.9. The van der Waals surface area contributed by atoms with E-state index in [0.717, 1.165) is 6.07 Å². The number of benzene rings is 2. The molecular formula is C16H14O7. The summed E-state index contributed by atoms with van der Waals surface area (Å²) in [5, 5.41) is 38.4. The fourth-order valence-electron chi connectivity index (χ4n) is 2.60. The third kappa shape index (κ3) is 2.40. The van der Waals surface area contributed by atoms with Crippen molar-refractivity contribution in [2.45, 2.75) is 12.2 Å². The van der Waals surface area contributed by atoms with Crippen LogP contribution < -0.4 is 4.74 Å². The molecule has 0 unspecified atom stereocenters. The van der Waals surface area contributed by atoms with E-state index in [1.165, 1.54) is 31.4 Å². The van der Waals surface area contributed by atoms with Crippen molar-refractivity contribution in [1.82, 2.24) is 0 Å². The standard InChI is InChI=1S/C16H14O7/c1-22-16-14(21)13-11(20)5-8(17)6-12(13)23-15(16)7-2-3-9(18)10(19)4-7/h2-6,15-20H,1H3/t15-,16+/m1/s1. The molecule has 3 rings (SSSR count). The Bertz CT molecular complexity index is 784. The predicted molar refractivity (Wildman–Crippen MR) is 78.0 cm³/mol. The number of hydrogen-bond donors (Lipinski definition) is 4. The summed E-state index contributed by atoms with van der Waals surface area (Å²) in [5.41, 5.74) is 0.322. The third-order valence-electron chi connectivity index (χ3n) is 3.68. The quantitative estimate of drug-likeness (QED) is 0.624. The van der Waals surface area contributed by atoms with E-state index in [2.05, 4.69) is 0 Å². The lowest BCUT2D eigenvalue weighted by Gasteiger charge is -2.32. The van der Waals surface area contributed by atoms with Crippen LogP contribution in [0, 0.1) is 0 Å². The summed E-state index contributed by atoms with van der Waals surface area (Å²) in [6.07, 6.45) is -1.96. The molecule has 2 aromatic rings. The number of Topliss-reactive ketones (excluding diaryl/α,β-unsaturated/α-hetero) is 1. The van der Waals surface area contributed by atoms with Gasteiger partial charge in [-0.2, -0.15) is 0 Å². The Morgan fingerprint density at radius 3 is 2.39 bits per heavy atom. The first-order chi connectivity index (χ1) is 10.9. The number of ether oxygens (including phenoxy) is 2. The number of carbonyl (C=O) groups is 1. The molecule has 4 N–H and O–H groups in total. The summed E-state index contributed by atoms with van der Waals surface area (Å²) >= 11 is 0. The number of rotatable bonds is 2. The van der Waals surface area contributed by atoms with Crippen molar-refractivity contribution in [3.63, 3.8) is 0 Å². The van der Waals surface area contributed by atoms with Gasteiger partial charge in [0.05, 0.1) is 0 Å². The molecule has 2 aromatic carbocycles. The third-order valence-corrected chi connectivity index (χ3v) is 3.68. The second kappa shape index (κ2) is 5.36. The monoisotopic (exact) mass is 318 g/mol. The van der Waals surface area contributed by atoms with Crippen LogP contribution >= 0.6 is 0 Å². The molecule has 120 valence electrons. The summed E-state index contributed by atoms with van der Waals surface area (Å²) in [4.78, 5) is 12.6. The van der Waals surface area contributed by atoms with Crippen LogP contribution in [0.25, 0.3) is 0 Å². The van der Waals surface area contributed by atoms with E-state index in [1.807, 2.05) is 0 Å². The number of hydrogen-bond acceptors (Lipinski definition) is 7. The molecule has 0 aromatic heterocycles. The fraction of sp³-hybridized carbons (Fsp3) is 0.188. The number of aromatic hydroxyl groups is 4. The van der Waals surface area contributed by atoms with E-state index in [1.54, 1.807) is 0 Å². The minimum Gasteiger partial charge on any atom is -0.508 e. The van der Waals surface area contributed by atoms with Crippen molar-refractivity contribution in [3.8, 4) is 28.7 Å². The van der Waals surface area contributed by atoms with Crippen molar-refractivity contribution in [3.05, 3.63) is 41.5 Å². The molecule has 0 spiro atoms. The van der Waals surface area contributed by atoms with Gasteiger partial charge in [0.1, 0.15) is 22.8 Å². The number of phenols is 4. The lowest BCUT2D eigenvalue weighted by Crippen LogP contribution is -2.37. The molecule has 7 heteroatoms. The van der Waals surface area contributed by atoms with Gasteiger partial charge in [-0.15, -0.1) is 0 Å². The van der Waals surface area contributed by atoms with Crippen molar-refractivity contribution in [1.29, 1.82) is 0 Å². The van der Waals surface area contributed by atoms with Crippen molar-refractivity contribution in [2.75, 3.05) is 7.11 Å². The number of ketones is 1. The molecule has 0 saturated carbocycles. The van der Waals surface area contributed by atoms with E-state index in [4.69, 9.17) is 9.47 Å². The van der Waals surface area contributed by atoms with Gasteiger partial charge in [0.2, 0.25) is 5.78 Å². The molecule has 0 bridgehead atoms. The largest absolute Gasteiger partial charge is 0.508 e. The molecule has 7 nitrogen and oxygen atoms in total. The molecule has 0 amide bonds. The minimum absolute atomic E-state index is 0.0124. The lowest BCUT2D eigenvalue weighted by atomic mass is 9.92. The Hall–Kier alpha value is -2.93. The van der Waals surface area contributed by atoms with Gasteiger partial charge < -0.3 is 29.9 Å². The van der Waals surface area contributed by atoms with E-state index in [-0.39, 0.29) is 28.6 Å². The molecule has 1 aliphatic heterocycles. The highest BCUT2D eigenvalue weighted by Gasteiger charge is 2.40. The molecule has 0 fully saturated rings. The smallest absolute Gasteiger partial charge is 0.203 e. The van der Waals surface area contributed by atoms with Gasteiger partial charge in [-0.05, 0) is 17.7 Å². The molecule has 1 aliphatic rings. The summed E-state index contributed by atoms with van der Waals surface area (Å²) in [5.74, 6) is -1.82. The Kier molecular flexibility index (Phi) is 3.49. The van der Waals surface area contributed by atoms with Crippen molar-refractivity contribution < 1.29 is 34.7 Å². The Morgan fingerprint density at radius 1 is 1.00 bits per heavy atom. The van der Waals surface area contributed by atoms with Crippen molar-refractivity contribution >= 4 is 5.78 Å². The van der Waals surface area contributed by atoms with E-state index < -0.39 is 23.7 Å². The average molecular weight is 318 g/mol. The van der Waals surface area contributed by atoms with Gasteiger partial charge in [0.25, 0.3) is 0 Å². The van der Waals surface area contributed by atoms with E-state index in [0.29, 0.717) is 5.56 Å². The van der Waals surface area contributed by atoms with Crippen LogP contribution in [0.3, 0.4) is 0 Å². The number of phenolic OH excluding ortho intramolecular Hbond substituents is 4. The minimum atomic E-state index is -1.05. The lowest BCUT2D eigenvalue weighted by molar-refractivity contribution is -0.00115. The molecule has 0 radical (unpaired) electrons. The van der Waals surface area contributed by atoms with Gasteiger partial charge in [-0.3, -0.25) is 4.79 Å². The van der Waals surface area contributed by atoms with Crippen LogP contribution in [0.2, 0.25) is 0 Å². The molecular weight excluding hydrogens is 304 g/mol. The molecule has 0 saturated heterocycles. The highest BCUT2D eigenvalue weighted by molar-refractivity contribution is 6.05. The van der Waals surface area contributed by atoms with Gasteiger partial charge in [-0.1, -0.05) is 6.07 Å². The molecule has 2 atom stereocenters. The Balaban J connectivity index is 2.11.